The minimum atomic E-state index is -0.234. The first kappa shape index (κ1) is 14.2. The van der Waals surface area contributed by atoms with Crippen molar-refractivity contribution in [3.05, 3.63) is 23.8 Å². The molecule has 0 spiro atoms. The van der Waals surface area contributed by atoms with Crippen LogP contribution in [0.1, 0.15) is 23.2 Å². The number of carbonyl (C=O) groups excluding carboxylic acids is 2. The Morgan fingerprint density at radius 3 is 2.75 bits per heavy atom. The van der Waals surface area contributed by atoms with Crippen molar-refractivity contribution in [1.82, 2.24) is 10.6 Å². The van der Waals surface area contributed by atoms with Crippen molar-refractivity contribution < 1.29 is 19.1 Å². The first-order valence-electron chi connectivity index (χ1n) is 6.44. The average molecular weight is 278 g/mol. The third-order valence-electron chi connectivity index (χ3n) is 3.25. The molecule has 6 nitrogen and oxygen atoms in total. The summed E-state index contributed by atoms with van der Waals surface area (Å²) < 4.78 is 10.4. The number of carbonyl (C=O) groups is 2. The Morgan fingerprint density at radius 2 is 2.15 bits per heavy atom. The predicted molar refractivity (Wildman–Crippen MR) is 73.0 cm³/mol. The van der Waals surface area contributed by atoms with Crippen molar-refractivity contribution in [1.29, 1.82) is 0 Å². The Bertz CT molecular complexity index is 506. The maximum atomic E-state index is 12.3. The van der Waals surface area contributed by atoms with Crippen LogP contribution in [0, 0.1) is 0 Å². The van der Waals surface area contributed by atoms with Crippen LogP contribution in [-0.2, 0) is 4.79 Å². The van der Waals surface area contributed by atoms with Crippen LogP contribution in [-0.4, -0.2) is 38.6 Å². The molecule has 0 saturated carbocycles. The van der Waals surface area contributed by atoms with E-state index in [4.69, 9.17) is 9.47 Å². The molecule has 1 aliphatic heterocycles. The van der Waals surface area contributed by atoms with Crippen LogP contribution in [0.15, 0.2) is 18.2 Å². The maximum Gasteiger partial charge on any atom is 0.255 e. The van der Waals surface area contributed by atoms with Crippen molar-refractivity contribution >= 4 is 11.8 Å². The molecular weight excluding hydrogens is 260 g/mol. The van der Waals surface area contributed by atoms with Gasteiger partial charge in [-0.25, -0.2) is 0 Å². The molecule has 1 aliphatic rings. The standard InChI is InChI=1S/C14H18N2O4/c1-19-11-5-3-4-10(13(11)20-2)14(18)16-9-6-7-12(17)15-8-9/h3-5,9H,6-8H2,1-2H3,(H,15,17)(H,16,18). The number of ether oxygens (including phenoxy) is 2. The van der Waals surface area contributed by atoms with Crippen LogP contribution >= 0.6 is 0 Å². The van der Waals surface area contributed by atoms with E-state index in [0.717, 1.165) is 0 Å². The fraction of sp³-hybridized carbons (Fsp3) is 0.429. The monoisotopic (exact) mass is 278 g/mol. The number of hydrogen-bond donors (Lipinski definition) is 2. The topological polar surface area (TPSA) is 76.7 Å². The van der Waals surface area contributed by atoms with Crippen LogP contribution in [0.4, 0.5) is 0 Å². The van der Waals surface area contributed by atoms with E-state index in [-0.39, 0.29) is 17.9 Å². The Labute approximate surface area is 117 Å². The lowest BCUT2D eigenvalue weighted by Crippen LogP contribution is -2.47. The zero-order valence-electron chi connectivity index (χ0n) is 11.6. The first-order valence-corrected chi connectivity index (χ1v) is 6.44. The van der Waals surface area contributed by atoms with E-state index in [9.17, 15) is 9.59 Å². The zero-order chi connectivity index (χ0) is 14.5. The summed E-state index contributed by atoms with van der Waals surface area (Å²) in [5.74, 6) is 0.709. The van der Waals surface area contributed by atoms with E-state index >= 15 is 0 Å². The Morgan fingerprint density at radius 1 is 1.35 bits per heavy atom. The van der Waals surface area contributed by atoms with Crippen molar-refractivity contribution in [2.24, 2.45) is 0 Å². The zero-order valence-corrected chi connectivity index (χ0v) is 11.6. The minimum absolute atomic E-state index is 0.0226. The second-order valence-electron chi connectivity index (χ2n) is 4.55. The van der Waals surface area contributed by atoms with E-state index in [0.29, 0.717) is 36.4 Å². The molecule has 1 heterocycles. The third kappa shape index (κ3) is 3.01. The second kappa shape index (κ2) is 6.27. The Hall–Kier alpha value is -2.24. The molecular formula is C14H18N2O4. The second-order valence-corrected chi connectivity index (χ2v) is 4.55. The van der Waals surface area contributed by atoms with Gasteiger partial charge in [0, 0.05) is 19.0 Å². The average Bonchev–Trinajstić information content (AvgIpc) is 2.48. The van der Waals surface area contributed by atoms with E-state index in [1.54, 1.807) is 18.2 Å². The first-order chi connectivity index (χ1) is 9.65. The van der Waals surface area contributed by atoms with Crippen LogP contribution < -0.4 is 20.1 Å². The number of amides is 2. The quantitative estimate of drug-likeness (QED) is 0.850. The van der Waals surface area contributed by atoms with Crippen molar-refractivity contribution in [3.63, 3.8) is 0 Å². The summed E-state index contributed by atoms with van der Waals surface area (Å²) in [7, 11) is 3.02. The van der Waals surface area contributed by atoms with Crippen molar-refractivity contribution in [2.45, 2.75) is 18.9 Å². The molecule has 108 valence electrons. The fourth-order valence-electron chi connectivity index (χ4n) is 2.19. The molecule has 1 atom stereocenters. The molecule has 1 aromatic rings. The lowest BCUT2D eigenvalue weighted by atomic mass is 10.1. The van der Waals surface area contributed by atoms with Gasteiger partial charge in [0.2, 0.25) is 5.91 Å². The van der Waals surface area contributed by atoms with Gasteiger partial charge in [-0.05, 0) is 18.6 Å². The Balaban J connectivity index is 2.11. The van der Waals surface area contributed by atoms with Crippen molar-refractivity contribution in [3.8, 4) is 11.5 Å². The Kier molecular flexibility index (Phi) is 4.45. The molecule has 1 saturated heterocycles. The molecule has 1 fully saturated rings. The fourth-order valence-corrected chi connectivity index (χ4v) is 2.19. The largest absolute Gasteiger partial charge is 0.493 e. The van der Waals surface area contributed by atoms with E-state index in [1.165, 1.54) is 14.2 Å². The predicted octanol–water partition coefficient (Wildman–Crippen LogP) is 0.712. The summed E-state index contributed by atoms with van der Waals surface area (Å²) in [6, 6.07) is 5.09. The highest BCUT2D eigenvalue weighted by molar-refractivity contribution is 5.98. The van der Waals surface area contributed by atoms with Crippen LogP contribution in [0.3, 0.4) is 0 Å². The number of para-hydroxylation sites is 1. The molecule has 0 bridgehead atoms. The molecule has 2 rings (SSSR count). The summed E-state index contributed by atoms with van der Waals surface area (Å²) >= 11 is 0. The molecule has 2 N–H and O–H groups in total. The van der Waals surface area contributed by atoms with Gasteiger partial charge >= 0.3 is 0 Å². The normalized spacial score (nSPS) is 18.1. The highest BCUT2D eigenvalue weighted by atomic mass is 16.5. The van der Waals surface area contributed by atoms with Gasteiger partial charge in [0.25, 0.3) is 5.91 Å². The third-order valence-corrected chi connectivity index (χ3v) is 3.25. The number of benzene rings is 1. The van der Waals surface area contributed by atoms with Gasteiger partial charge < -0.3 is 20.1 Å². The summed E-state index contributed by atoms with van der Waals surface area (Å²) in [4.78, 5) is 23.4. The lowest BCUT2D eigenvalue weighted by Gasteiger charge is -2.24. The van der Waals surface area contributed by atoms with Gasteiger partial charge in [-0.3, -0.25) is 9.59 Å². The lowest BCUT2D eigenvalue weighted by molar-refractivity contribution is -0.122. The van der Waals surface area contributed by atoms with Gasteiger partial charge in [0.1, 0.15) is 0 Å². The molecule has 0 aromatic heterocycles. The van der Waals surface area contributed by atoms with Gasteiger partial charge in [0.05, 0.1) is 19.8 Å². The molecule has 1 unspecified atom stereocenters. The minimum Gasteiger partial charge on any atom is -0.493 e. The van der Waals surface area contributed by atoms with Gasteiger partial charge in [-0.15, -0.1) is 0 Å². The van der Waals surface area contributed by atoms with E-state index in [1.807, 2.05) is 0 Å². The molecule has 0 radical (unpaired) electrons. The summed E-state index contributed by atoms with van der Waals surface area (Å²) in [5.41, 5.74) is 0.420. The molecule has 0 aliphatic carbocycles. The highest BCUT2D eigenvalue weighted by Gasteiger charge is 2.22. The summed E-state index contributed by atoms with van der Waals surface area (Å²) in [5, 5.41) is 5.62. The van der Waals surface area contributed by atoms with Gasteiger partial charge in [0.15, 0.2) is 11.5 Å². The number of hydrogen-bond acceptors (Lipinski definition) is 4. The molecule has 20 heavy (non-hydrogen) atoms. The number of piperidine rings is 1. The van der Waals surface area contributed by atoms with Crippen LogP contribution in [0.2, 0.25) is 0 Å². The van der Waals surface area contributed by atoms with E-state index in [2.05, 4.69) is 10.6 Å². The number of nitrogens with one attached hydrogen (secondary N) is 2. The maximum absolute atomic E-state index is 12.3. The van der Waals surface area contributed by atoms with Gasteiger partial charge in [-0.2, -0.15) is 0 Å². The van der Waals surface area contributed by atoms with Crippen molar-refractivity contribution in [2.75, 3.05) is 20.8 Å². The summed E-state index contributed by atoms with van der Waals surface area (Å²) in [6.45, 7) is 0.455. The number of rotatable bonds is 4. The van der Waals surface area contributed by atoms with Crippen LogP contribution in [0.5, 0.6) is 11.5 Å². The summed E-state index contributed by atoms with van der Waals surface area (Å²) in [6.07, 6.45) is 1.07. The van der Waals surface area contributed by atoms with E-state index < -0.39 is 0 Å². The number of methoxy groups -OCH3 is 2. The molecule has 1 aromatic carbocycles. The SMILES string of the molecule is COc1cccc(C(=O)NC2CCC(=O)NC2)c1OC. The molecule has 6 heteroatoms. The smallest absolute Gasteiger partial charge is 0.255 e. The highest BCUT2D eigenvalue weighted by Crippen LogP contribution is 2.30. The van der Waals surface area contributed by atoms with Crippen LogP contribution in [0.25, 0.3) is 0 Å². The van der Waals surface area contributed by atoms with Gasteiger partial charge in [-0.1, -0.05) is 6.07 Å². The molecule has 2 amide bonds.